The highest BCUT2D eigenvalue weighted by Gasteiger charge is 2.14. The van der Waals surface area contributed by atoms with E-state index in [2.05, 4.69) is 26.5 Å². The van der Waals surface area contributed by atoms with Crippen molar-refractivity contribution in [2.24, 2.45) is 5.10 Å². The van der Waals surface area contributed by atoms with E-state index in [4.69, 9.17) is 4.74 Å². The zero-order valence-corrected chi connectivity index (χ0v) is 13.4. The molecular formula is C16H14BrFN2O2. The van der Waals surface area contributed by atoms with Gasteiger partial charge in [0.25, 0.3) is 5.91 Å². The lowest BCUT2D eigenvalue weighted by atomic mass is 10.2. The van der Waals surface area contributed by atoms with Crippen molar-refractivity contribution < 1.29 is 13.9 Å². The Morgan fingerprint density at radius 3 is 2.82 bits per heavy atom. The molecule has 0 unspecified atom stereocenters. The Balaban J connectivity index is 1.90. The van der Waals surface area contributed by atoms with Gasteiger partial charge < -0.3 is 4.74 Å². The van der Waals surface area contributed by atoms with Crippen molar-refractivity contribution in [3.05, 3.63) is 64.4 Å². The van der Waals surface area contributed by atoms with Crippen LogP contribution in [0.5, 0.6) is 5.75 Å². The molecule has 0 aliphatic heterocycles. The maximum Gasteiger partial charge on any atom is 0.280 e. The number of nitrogens with zero attached hydrogens (tertiary/aromatic N) is 1. The molecule has 2 aromatic rings. The van der Waals surface area contributed by atoms with Crippen molar-refractivity contribution in [3.63, 3.8) is 0 Å². The monoisotopic (exact) mass is 364 g/mol. The molecule has 0 spiro atoms. The minimum Gasteiger partial charge on any atom is -0.480 e. The van der Waals surface area contributed by atoms with Crippen molar-refractivity contribution in [3.8, 4) is 5.75 Å². The van der Waals surface area contributed by atoms with Gasteiger partial charge in [0.2, 0.25) is 0 Å². The zero-order chi connectivity index (χ0) is 15.9. The molecule has 6 heteroatoms. The fourth-order valence-electron chi connectivity index (χ4n) is 1.63. The second kappa shape index (κ2) is 7.70. The van der Waals surface area contributed by atoms with Gasteiger partial charge >= 0.3 is 0 Å². The summed E-state index contributed by atoms with van der Waals surface area (Å²) in [6.45, 7) is 1.62. The Morgan fingerprint density at radius 1 is 1.32 bits per heavy atom. The molecule has 0 bridgehead atoms. The maximum atomic E-state index is 13.0. The zero-order valence-electron chi connectivity index (χ0n) is 11.8. The first-order valence-corrected chi connectivity index (χ1v) is 7.35. The topological polar surface area (TPSA) is 50.7 Å². The SMILES string of the molecule is C[C@H](Oc1ccccc1Br)C(=O)N/N=C\c1cccc(F)c1. The van der Waals surface area contributed by atoms with Gasteiger partial charge in [-0.25, -0.2) is 9.82 Å². The first-order chi connectivity index (χ1) is 10.6. The van der Waals surface area contributed by atoms with E-state index in [-0.39, 0.29) is 5.82 Å². The minimum atomic E-state index is -0.719. The molecule has 0 aliphatic rings. The molecule has 1 N–H and O–H groups in total. The molecule has 0 saturated carbocycles. The predicted octanol–water partition coefficient (Wildman–Crippen LogP) is 3.51. The van der Waals surface area contributed by atoms with Crippen LogP contribution >= 0.6 is 15.9 Å². The van der Waals surface area contributed by atoms with Crippen LogP contribution < -0.4 is 10.2 Å². The van der Waals surface area contributed by atoms with Crippen molar-refractivity contribution in [1.29, 1.82) is 0 Å². The number of hydrazone groups is 1. The Kier molecular flexibility index (Phi) is 5.66. The van der Waals surface area contributed by atoms with Crippen LogP contribution in [-0.2, 0) is 4.79 Å². The summed E-state index contributed by atoms with van der Waals surface area (Å²) in [7, 11) is 0. The molecule has 4 nitrogen and oxygen atoms in total. The number of halogens is 2. The third-order valence-electron chi connectivity index (χ3n) is 2.75. The Bertz CT molecular complexity index is 691. The van der Waals surface area contributed by atoms with E-state index in [9.17, 15) is 9.18 Å². The summed E-state index contributed by atoms with van der Waals surface area (Å²) in [4.78, 5) is 11.9. The summed E-state index contributed by atoms with van der Waals surface area (Å²) >= 11 is 3.34. The highest BCUT2D eigenvalue weighted by Crippen LogP contribution is 2.24. The van der Waals surface area contributed by atoms with Gasteiger partial charge in [0.05, 0.1) is 10.7 Å². The van der Waals surface area contributed by atoms with E-state index in [0.717, 1.165) is 4.47 Å². The molecule has 0 saturated heterocycles. The summed E-state index contributed by atoms with van der Waals surface area (Å²) in [5.74, 6) is -0.191. The summed E-state index contributed by atoms with van der Waals surface area (Å²) in [5.41, 5.74) is 2.91. The average molecular weight is 365 g/mol. The van der Waals surface area contributed by atoms with E-state index < -0.39 is 12.0 Å². The Morgan fingerprint density at radius 2 is 2.09 bits per heavy atom. The average Bonchev–Trinajstić information content (AvgIpc) is 2.49. The molecule has 2 rings (SSSR count). The highest BCUT2D eigenvalue weighted by molar-refractivity contribution is 9.10. The fraction of sp³-hybridized carbons (Fsp3) is 0.125. The molecule has 0 heterocycles. The van der Waals surface area contributed by atoms with Gasteiger partial charge in [-0.2, -0.15) is 5.10 Å². The molecule has 114 valence electrons. The van der Waals surface area contributed by atoms with E-state index in [1.807, 2.05) is 18.2 Å². The number of benzene rings is 2. The molecule has 2 aromatic carbocycles. The second-order valence-corrected chi connectivity index (χ2v) is 5.33. The van der Waals surface area contributed by atoms with Gasteiger partial charge in [-0.3, -0.25) is 4.79 Å². The quantitative estimate of drug-likeness (QED) is 0.651. The molecule has 0 aromatic heterocycles. The van der Waals surface area contributed by atoms with Crippen LogP contribution in [-0.4, -0.2) is 18.2 Å². The van der Waals surface area contributed by atoms with Crippen LogP contribution in [0.3, 0.4) is 0 Å². The van der Waals surface area contributed by atoms with Gasteiger partial charge in [0.1, 0.15) is 11.6 Å². The van der Waals surface area contributed by atoms with E-state index in [0.29, 0.717) is 11.3 Å². The van der Waals surface area contributed by atoms with Crippen LogP contribution in [0.1, 0.15) is 12.5 Å². The number of amides is 1. The second-order valence-electron chi connectivity index (χ2n) is 4.48. The predicted molar refractivity (Wildman–Crippen MR) is 86.4 cm³/mol. The summed E-state index contributed by atoms with van der Waals surface area (Å²) in [6, 6.07) is 13.1. The summed E-state index contributed by atoms with van der Waals surface area (Å²) < 4.78 is 19.3. The number of rotatable bonds is 5. The fourth-order valence-corrected chi connectivity index (χ4v) is 2.01. The van der Waals surface area contributed by atoms with Gasteiger partial charge in [-0.15, -0.1) is 0 Å². The third-order valence-corrected chi connectivity index (χ3v) is 3.40. The van der Waals surface area contributed by atoms with Gasteiger partial charge in [0, 0.05) is 0 Å². The number of carbonyl (C=O) groups excluding carboxylic acids is 1. The smallest absolute Gasteiger partial charge is 0.280 e. The van der Waals surface area contributed by atoms with Crippen molar-refractivity contribution >= 4 is 28.1 Å². The number of hydrogen-bond acceptors (Lipinski definition) is 3. The highest BCUT2D eigenvalue weighted by atomic mass is 79.9. The van der Waals surface area contributed by atoms with E-state index >= 15 is 0 Å². The lowest BCUT2D eigenvalue weighted by molar-refractivity contribution is -0.127. The van der Waals surface area contributed by atoms with Crippen LogP contribution in [0, 0.1) is 5.82 Å². The first kappa shape index (κ1) is 16.2. The van der Waals surface area contributed by atoms with Crippen LogP contribution in [0.15, 0.2) is 58.1 Å². The largest absolute Gasteiger partial charge is 0.480 e. The molecule has 0 aliphatic carbocycles. The summed E-state index contributed by atoms with van der Waals surface area (Å²) in [6.07, 6.45) is 0.648. The Labute approximate surface area is 136 Å². The van der Waals surface area contributed by atoms with E-state index in [1.165, 1.54) is 18.3 Å². The maximum absolute atomic E-state index is 13.0. The van der Waals surface area contributed by atoms with Crippen molar-refractivity contribution in [2.75, 3.05) is 0 Å². The van der Waals surface area contributed by atoms with E-state index in [1.54, 1.807) is 25.1 Å². The number of hydrogen-bond donors (Lipinski definition) is 1. The normalized spacial score (nSPS) is 12.1. The Hall–Kier alpha value is -2.21. The molecule has 1 atom stereocenters. The number of para-hydroxylation sites is 1. The molecule has 22 heavy (non-hydrogen) atoms. The first-order valence-electron chi connectivity index (χ1n) is 6.56. The number of nitrogens with one attached hydrogen (secondary N) is 1. The third kappa shape index (κ3) is 4.66. The number of carbonyl (C=O) groups is 1. The minimum absolute atomic E-state index is 0.360. The standard InChI is InChI=1S/C16H14BrFN2O2/c1-11(22-15-8-3-2-7-14(15)17)16(21)20-19-10-12-5-4-6-13(18)9-12/h2-11H,1H3,(H,20,21)/b19-10-/t11-/m0/s1. The van der Waals surface area contributed by atoms with Crippen LogP contribution in [0.2, 0.25) is 0 Å². The summed E-state index contributed by atoms with van der Waals surface area (Å²) in [5, 5.41) is 3.78. The van der Waals surface area contributed by atoms with Crippen LogP contribution in [0.4, 0.5) is 4.39 Å². The molecular weight excluding hydrogens is 351 g/mol. The van der Waals surface area contributed by atoms with Gasteiger partial charge in [0.15, 0.2) is 6.10 Å². The lowest BCUT2D eigenvalue weighted by Crippen LogP contribution is -2.33. The van der Waals surface area contributed by atoms with Crippen molar-refractivity contribution in [1.82, 2.24) is 5.43 Å². The van der Waals surface area contributed by atoms with Crippen molar-refractivity contribution in [2.45, 2.75) is 13.0 Å². The number of ether oxygens (including phenoxy) is 1. The molecule has 0 radical (unpaired) electrons. The molecule has 0 fully saturated rings. The lowest BCUT2D eigenvalue weighted by Gasteiger charge is -2.13. The molecule has 1 amide bonds. The van der Waals surface area contributed by atoms with Gasteiger partial charge in [-0.1, -0.05) is 24.3 Å². The van der Waals surface area contributed by atoms with Crippen LogP contribution in [0.25, 0.3) is 0 Å². The van der Waals surface area contributed by atoms with Gasteiger partial charge in [-0.05, 0) is 52.7 Å².